The first-order chi connectivity index (χ1) is 7.47. The van der Waals surface area contributed by atoms with Crippen molar-refractivity contribution in [3.05, 3.63) is 11.3 Å². The van der Waals surface area contributed by atoms with E-state index in [0.29, 0.717) is 5.69 Å². The van der Waals surface area contributed by atoms with Crippen LogP contribution in [-0.2, 0) is 9.53 Å². The van der Waals surface area contributed by atoms with Crippen molar-refractivity contribution in [3.63, 3.8) is 0 Å². The van der Waals surface area contributed by atoms with E-state index < -0.39 is 5.97 Å². The molecule has 0 bridgehead atoms. The largest absolute Gasteiger partial charge is 0.493 e. The molecule has 0 fully saturated rings. The summed E-state index contributed by atoms with van der Waals surface area (Å²) in [4.78, 5) is 25.1. The van der Waals surface area contributed by atoms with Gasteiger partial charge >= 0.3 is 5.97 Å². The van der Waals surface area contributed by atoms with E-state index in [-0.39, 0.29) is 29.6 Å². The summed E-state index contributed by atoms with van der Waals surface area (Å²) in [6.45, 7) is 4.80. The van der Waals surface area contributed by atoms with Gasteiger partial charge in [0.15, 0.2) is 0 Å². The summed E-state index contributed by atoms with van der Waals surface area (Å²) in [7, 11) is 0. The number of nitrogens with one attached hydrogen (secondary N) is 2. The lowest BCUT2D eigenvalue weighted by Gasteiger charge is -2.05. The van der Waals surface area contributed by atoms with Gasteiger partial charge < -0.3 is 20.1 Å². The van der Waals surface area contributed by atoms with E-state index >= 15 is 0 Å². The molecule has 0 aliphatic heterocycles. The van der Waals surface area contributed by atoms with Crippen LogP contribution in [0.1, 0.15) is 29.9 Å². The number of hydrogen-bond donors (Lipinski definition) is 3. The summed E-state index contributed by atoms with van der Waals surface area (Å²) >= 11 is 0. The molecule has 88 valence electrons. The Balaban J connectivity index is 3.14. The van der Waals surface area contributed by atoms with E-state index in [2.05, 4.69) is 10.3 Å². The van der Waals surface area contributed by atoms with Gasteiger partial charge in [0.05, 0.1) is 6.61 Å². The van der Waals surface area contributed by atoms with Gasteiger partial charge in [0, 0.05) is 12.6 Å². The molecule has 0 unspecified atom stereocenters. The van der Waals surface area contributed by atoms with Crippen molar-refractivity contribution in [2.24, 2.45) is 0 Å². The van der Waals surface area contributed by atoms with Crippen LogP contribution >= 0.6 is 0 Å². The predicted molar refractivity (Wildman–Crippen MR) is 57.5 cm³/mol. The Labute approximate surface area is 92.6 Å². The quantitative estimate of drug-likeness (QED) is 0.674. The third kappa shape index (κ3) is 2.33. The van der Waals surface area contributed by atoms with Gasteiger partial charge in [-0.2, -0.15) is 0 Å². The fraction of sp³-hybridized carbons (Fsp3) is 0.400. The van der Waals surface area contributed by atoms with E-state index in [1.165, 1.54) is 6.92 Å². The minimum absolute atomic E-state index is 0.0588. The highest BCUT2D eigenvalue weighted by atomic mass is 16.5. The van der Waals surface area contributed by atoms with Gasteiger partial charge in [0.25, 0.3) is 0 Å². The molecule has 0 aliphatic rings. The number of rotatable bonds is 3. The molecule has 6 nitrogen and oxygen atoms in total. The van der Waals surface area contributed by atoms with Crippen LogP contribution in [0.25, 0.3) is 0 Å². The fourth-order valence-electron chi connectivity index (χ4n) is 1.36. The van der Waals surface area contributed by atoms with Gasteiger partial charge in [-0.15, -0.1) is 0 Å². The van der Waals surface area contributed by atoms with Crippen LogP contribution in [0.5, 0.6) is 5.88 Å². The molecule has 0 atom stereocenters. The molecule has 1 amide bonds. The molecule has 0 radical (unpaired) electrons. The molecule has 0 saturated carbocycles. The van der Waals surface area contributed by atoms with Crippen molar-refractivity contribution in [1.29, 1.82) is 0 Å². The summed E-state index contributed by atoms with van der Waals surface area (Å²) in [5.74, 6) is -1.21. The Morgan fingerprint density at radius 3 is 2.62 bits per heavy atom. The molecule has 16 heavy (non-hydrogen) atoms. The minimum Gasteiger partial charge on any atom is -0.493 e. The van der Waals surface area contributed by atoms with E-state index in [0.717, 1.165) is 0 Å². The summed E-state index contributed by atoms with van der Waals surface area (Å²) in [5.41, 5.74) is 0.651. The van der Waals surface area contributed by atoms with Crippen molar-refractivity contribution in [2.75, 3.05) is 11.9 Å². The molecule has 0 aromatic carbocycles. The molecule has 3 N–H and O–H groups in total. The molecule has 0 saturated heterocycles. The van der Waals surface area contributed by atoms with Crippen molar-refractivity contribution in [2.45, 2.75) is 20.8 Å². The molecule has 0 aliphatic carbocycles. The zero-order valence-electron chi connectivity index (χ0n) is 9.38. The molecule has 6 heteroatoms. The van der Waals surface area contributed by atoms with Crippen LogP contribution in [0.15, 0.2) is 0 Å². The van der Waals surface area contributed by atoms with Gasteiger partial charge in [0.1, 0.15) is 11.3 Å². The van der Waals surface area contributed by atoms with E-state index in [9.17, 15) is 14.7 Å². The Bertz CT molecular complexity index is 423. The summed E-state index contributed by atoms with van der Waals surface area (Å²) in [6.07, 6.45) is 0. The molecular formula is C10H14N2O4. The number of aromatic hydroxyl groups is 1. The SMILES string of the molecule is CCOC(=O)c1c(C)[nH]c(O)c1NC(C)=O. The molecule has 1 aromatic heterocycles. The van der Waals surface area contributed by atoms with E-state index in [1.54, 1.807) is 13.8 Å². The number of amides is 1. The predicted octanol–water partition coefficient (Wildman–Crippen LogP) is 1.16. The van der Waals surface area contributed by atoms with Gasteiger partial charge in [-0.3, -0.25) is 4.79 Å². The average Bonchev–Trinajstić information content (AvgIpc) is 2.41. The molecule has 1 heterocycles. The molecule has 0 spiro atoms. The number of carbonyl (C=O) groups excluding carboxylic acids is 2. The normalized spacial score (nSPS) is 9.94. The van der Waals surface area contributed by atoms with Crippen molar-refractivity contribution >= 4 is 17.6 Å². The first-order valence-electron chi connectivity index (χ1n) is 4.83. The van der Waals surface area contributed by atoms with E-state index in [4.69, 9.17) is 4.74 Å². The Hall–Kier alpha value is -1.98. The average molecular weight is 226 g/mol. The smallest absolute Gasteiger partial charge is 0.342 e. The third-order valence-corrected chi connectivity index (χ3v) is 1.95. The molecular weight excluding hydrogens is 212 g/mol. The topological polar surface area (TPSA) is 91.4 Å². The monoisotopic (exact) mass is 226 g/mol. The van der Waals surface area contributed by atoms with E-state index in [1.807, 2.05) is 0 Å². The van der Waals surface area contributed by atoms with Crippen molar-refractivity contribution in [3.8, 4) is 5.88 Å². The lowest BCUT2D eigenvalue weighted by atomic mass is 10.2. The number of aromatic nitrogens is 1. The molecule has 1 rings (SSSR count). The second-order valence-electron chi connectivity index (χ2n) is 3.25. The highest BCUT2D eigenvalue weighted by molar-refractivity contribution is 6.03. The number of H-pyrrole nitrogens is 1. The second kappa shape index (κ2) is 4.69. The Morgan fingerprint density at radius 1 is 1.50 bits per heavy atom. The van der Waals surface area contributed by atoms with Gasteiger partial charge in [-0.25, -0.2) is 4.79 Å². The first kappa shape index (κ1) is 12.1. The Morgan fingerprint density at radius 2 is 2.12 bits per heavy atom. The van der Waals surface area contributed by atoms with Crippen LogP contribution < -0.4 is 5.32 Å². The maximum Gasteiger partial charge on any atom is 0.342 e. The van der Waals surface area contributed by atoms with Crippen LogP contribution in [0.2, 0.25) is 0 Å². The van der Waals surface area contributed by atoms with Crippen molar-refractivity contribution in [1.82, 2.24) is 4.98 Å². The number of esters is 1. The third-order valence-electron chi connectivity index (χ3n) is 1.95. The Kier molecular flexibility index (Phi) is 3.55. The summed E-state index contributed by atoms with van der Waals surface area (Å²) in [5, 5.41) is 11.9. The second-order valence-corrected chi connectivity index (χ2v) is 3.25. The van der Waals surface area contributed by atoms with Crippen LogP contribution in [0, 0.1) is 6.92 Å². The zero-order chi connectivity index (χ0) is 12.3. The van der Waals surface area contributed by atoms with Crippen LogP contribution in [0.4, 0.5) is 5.69 Å². The lowest BCUT2D eigenvalue weighted by molar-refractivity contribution is -0.114. The fourth-order valence-corrected chi connectivity index (χ4v) is 1.36. The van der Waals surface area contributed by atoms with Crippen LogP contribution in [-0.4, -0.2) is 28.6 Å². The first-order valence-corrected chi connectivity index (χ1v) is 4.83. The highest BCUT2D eigenvalue weighted by Gasteiger charge is 2.22. The standard InChI is InChI=1S/C10H14N2O4/c1-4-16-10(15)7-5(2)11-9(14)8(7)12-6(3)13/h11,14H,4H2,1-3H3,(H,12,13). The maximum atomic E-state index is 11.6. The van der Waals surface area contributed by atoms with Gasteiger partial charge in [0.2, 0.25) is 11.8 Å². The number of aryl methyl sites for hydroxylation is 1. The molecule has 1 aromatic rings. The van der Waals surface area contributed by atoms with Gasteiger partial charge in [-0.05, 0) is 13.8 Å². The van der Waals surface area contributed by atoms with Gasteiger partial charge in [-0.1, -0.05) is 0 Å². The number of anilines is 1. The zero-order valence-corrected chi connectivity index (χ0v) is 9.38. The highest BCUT2D eigenvalue weighted by Crippen LogP contribution is 2.30. The lowest BCUT2D eigenvalue weighted by Crippen LogP contribution is -2.12. The number of ether oxygens (including phenoxy) is 1. The number of aromatic amines is 1. The minimum atomic E-state index is -0.583. The maximum absolute atomic E-state index is 11.6. The summed E-state index contributed by atoms with van der Waals surface area (Å²) in [6, 6.07) is 0. The number of carbonyl (C=O) groups is 2. The summed E-state index contributed by atoms with van der Waals surface area (Å²) < 4.78 is 4.82. The van der Waals surface area contributed by atoms with Crippen molar-refractivity contribution < 1.29 is 19.4 Å². The number of hydrogen-bond acceptors (Lipinski definition) is 4. The van der Waals surface area contributed by atoms with Crippen LogP contribution in [0.3, 0.4) is 0 Å².